The van der Waals surface area contributed by atoms with Gasteiger partial charge in [-0.25, -0.2) is 0 Å². The van der Waals surface area contributed by atoms with Gasteiger partial charge in [-0.15, -0.1) is 0 Å². The normalized spacial score (nSPS) is 18.5. The summed E-state index contributed by atoms with van der Waals surface area (Å²) >= 11 is 0. The van der Waals surface area contributed by atoms with Crippen LogP contribution in [0, 0.1) is 5.41 Å². The fourth-order valence-electron chi connectivity index (χ4n) is 6.34. The molecule has 2 aromatic carbocycles. The minimum atomic E-state index is -0.0616. The summed E-state index contributed by atoms with van der Waals surface area (Å²) in [6, 6.07) is 12.2. The Balaban J connectivity index is 1.29. The Bertz CT molecular complexity index is 1430. The van der Waals surface area contributed by atoms with Crippen LogP contribution in [0.1, 0.15) is 18.2 Å². The van der Waals surface area contributed by atoms with Crippen molar-refractivity contribution in [3.63, 3.8) is 0 Å². The monoisotopic (exact) mass is 528 g/mol. The number of aromatic hydroxyl groups is 1. The molecule has 9 heteroatoms. The van der Waals surface area contributed by atoms with Crippen LogP contribution in [-0.2, 0) is 17.8 Å². The standard InChI is InChI=1S/C30H36N6O3/c1-5-27(38)35-16-30(17-35)18-36(19-30)28-24-10-11-34(26-13-22(37)12-21-8-6-7-9-23(21)26)15-25(24)31-29(32-28)39-20(2)14-33(3)4/h5-9,12-13,20,37H,1,10-11,14-19H2,2-4H3. The van der Waals surface area contributed by atoms with Gasteiger partial charge in [0.05, 0.1) is 12.2 Å². The number of benzene rings is 2. The van der Waals surface area contributed by atoms with E-state index in [-0.39, 0.29) is 23.2 Å². The van der Waals surface area contributed by atoms with Gasteiger partial charge in [-0.2, -0.15) is 9.97 Å². The maximum absolute atomic E-state index is 12.0. The molecule has 204 valence electrons. The van der Waals surface area contributed by atoms with Crippen molar-refractivity contribution in [2.45, 2.75) is 26.0 Å². The first-order valence-corrected chi connectivity index (χ1v) is 13.6. The molecule has 0 saturated carbocycles. The van der Waals surface area contributed by atoms with Gasteiger partial charge in [-0.3, -0.25) is 4.79 Å². The topological polar surface area (TPSA) is 85.3 Å². The summed E-state index contributed by atoms with van der Waals surface area (Å²) in [5, 5.41) is 12.6. The largest absolute Gasteiger partial charge is 0.508 e. The van der Waals surface area contributed by atoms with E-state index < -0.39 is 0 Å². The molecule has 1 amide bonds. The Kier molecular flexibility index (Phi) is 6.33. The summed E-state index contributed by atoms with van der Waals surface area (Å²) < 4.78 is 6.22. The molecule has 3 aliphatic heterocycles. The molecule has 0 radical (unpaired) electrons. The minimum absolute atomic E-state index is 0.00335. The Hall–Kier alpha value is -3.85. The number of hydrogen-bond acceptors (Lipinski definition) is 8. The van der Waals surface area contributed by atoms with E-state index in [9.17, 15) is 9.90 Å². The lowest BCUT2D eigenvalue weighted by molar-refractivity contribution is -0.139. The van der Waals surface area contributed by atoms with Gasteiger partial charge in [-0.1, -0.05) is 30.8 Å². The fraction of sp³-hybridized carbons (Fsp3) is 0.433. The number of carbonyl (C=O) groups is 1. The average Bonchev–Trinajstić information content (AvgIpc) is 2.85. The minimum Gasteiger partial charge on any atom is -0.508 e. The van der Waals surface area contributed by atoms with Crippen LogP contribution >= 0.6 is 0 Å². The first-order chi connectivity index (χ1) is 18.7. The molecule has 0 aliphatic carbocycles. The maximum Gasteiger partial charge on any atom is 0.318 e. The first kappa shape index (κ1) is 25.4. The van der Waals surface area contributed by atoms with Gasteiger partial charge in [0.1, 0.15) is 17.7 Å². The van der Waals surface area contributed by atoms with Crippen molar-refractivity contribution in [1.82, 2.24) is 19.8 Å². The number of phenols is 1. The molecule has 39 heavy (non-hydrogen) atoms. The summed E-state index contributed by atoms with van der Waals surface area (Å²) in [7, 11) is 4.05. The number of ether oxygens (including phenoxy) is 1. The van der Waals surface area contributed by atoms with Gasteiger partial charge < -0.3 is 29.4 Å². The number of hydrogen-bond donors (Lipinski definition) is 1. The highest BCUT2D eigenvalue weighted by Crippen LogP contribution is 2.44. The lowest BCUT2D eigenvalue weighted by Crippen LogP contribution is -2.73. The second-order valence-electron chi connectivity index (χ2n) is 11.6. The van der Waals surface area contributed by atoms with Gasteiger partial charge in [-0.05, 0) is 45.0 Å². The number of fused-ring (bicyclic) bond motifs is 2. The van der Waals surface area contributed by atoms with Crippen molar-refractivity contribution in [1.29, 1.82) is 0 Å². The third-order valence-electron chi connectivity index (χ3n) is 8.01. The molecule has 3 aliphatic rings. The molecule has 4 heterocycles. The summed E-state index contributed by atoms with van der Waals surface area (Å²) in [6.45, 7) is 11.1. The van der Waals surface area contributed by atoms with Gasteiger partial charge in [0.15, 0.2) is 0 Å². The van der Waals surface area contributed by atoms with Crippen molar-refractivity contribution in [2.75, 3.05) is 63.2 Å². The molecule has 9 nitrogen and oxygen atoms in total. The summed E-state index contributed by atoms with van der Waals surface area (Å²) in [4.78, 5) is 30.4. The predicted octanol–water partition coefficient (Wildman–Crippen LogP) is 3.06. The van der Waals surface area contributed by atoms with Gasteiger partial charge >= 0.3 is 6.01 Å². The number of aromatic nitrogens is 2. The molecule has 2 saturated heterocycles. The molecule has 1 atom stereocenters. The van der Waals surface area contributed by atoms with E-state index in [1.54, 1.807) is 6.07 Å². The zero-order valence-electron chi connectivity index (χ0n) is 22.9. The number of anilines is 2. The van der Waals surface area contributed by atoms with E-state index in [4.69, 9.17) is 14.7 Å². The number of amides is 1. The average molecular weight is 529 g/mol. The smallest absolute Gasteiger partial charge is 0.318 e. The number of phenolic OH excluding ortho intramolecular Hbond substituents is 1. The number of likely N-dealkylation sites (tertiary alicyclic amines) is 1. The Labute approximate surface area is 229 Å². The summed E-state index contributed by atoms with van der Waals surface area (Å²) in [5.74, 6) is 1.21. The molecule has 2 fully saturated rings. The number of carbonyl (C=O) groups excluding carboxylic acids is 1. The third-order valence-corrected chi connectivity index (χ3v) is 8.01. The van der Waals surface area contributed by atoms with Crippen LogP contribution < -0.4 is 14.5 Å². The Morgan fingerprint density at radius 2 is 1.95 bits per heavy atom. The van der Waals surface area contributed by atoms with Crippen LogP contribution in [0.5, 0.6) is 11.8 Å². The van der Waals surface area contributed by atoms with Crippen molar-refractivity contribution in [3.8, 4) is 11.8 Å². The molecule has 1 unspecified atom stereocenters. The number of nitrogens with zero attached hydrogens (tertiary/aromatic N) is 6. The van der Waals surface area contributed by atoms with Crippen molar-refractivity contribution in [3.05, 3.63) is 60.3 Å². The molecular formula is C30H36N6O3. The lowest BCUT2D eigenvalue weighted by atomic mass is 9.72. The van der Waals surface area contributed by atoms with Crippen molar-refractivity contribution < 1.29 is 14.6 Å². The van der Waals surface area contributed by atoms with Crippen LogP contribution in [-0.4, -0.2) is 90.2 Å². The second kappa shape index (κ2) is 9.72. The van der Waals surface area contributed by atoms with Gasteiger partial charge in [0.25, 0.3) is 0 Å². The lowest BCUT2D eigenvalue weighted by Gasteiger charge is -2.60. The van der Waals surface area contributed by atoms with Crippen molar-refractivity contribution >= 4 is 28.2 Å². The highest BCUT2D eigenvalue weighted by Gasteiger charge is 2.53. The number of rotatable bonds is 7. The predicted molar refractivity (Wildman–Crippen MR) is 152 cm³/mol. The number of likely N-dealkylation sites (N-methyl/N-ethyl adjacent to an activating group) is 1. The van der Waals surface area contributed by atoms with E-state index in [2.05, 4.69) is 27.3 Å². The van der Waals surface area contributed by atoms with E-state index in [1.807, 2.05) is 50.2 Å². The second-order valence-corrected chi connectivity index (χ2v) is 11.6. The van der Waals surface area contributed by atoms with Crippen LogP contribution in [0.25, 0.3) is 10.8 Å². The zero-order valence-corrected chi connectivity index (χ0v) is 22.9. The maximum atomic E-state index is 12.0. The summed E-state index contributed by atoms with van der Waals surface area (Å²) in [5.41, 5.74) is 3.26. The molecule has 6 rings (SSSR count). The molecule has 3 aromatic rings. The quantitative estimate of drug-likeness (QED) is 0.469. The highest BCUT2D eigenvalue weighted by atomic mass is 16.5. The van der Waals surface area contributed by atoms with E-state index >= 15 is 0 Å². The van der Waals surface area contributed by atoms with Crippen LogP contribution in [0.2, 0.25) is 0 Å². The molecule has 1 spiro atoms. The molecule has 0 bridgehead atoms. The molecule has 1 aromatic heterocycles. The third kappa shape index (κ3) is 4.76. The first-order valence-electron chi connectivity index (χ1n) is 13.6. The zero-order chi connectivity index (χ0) is 27.3. The summed E-state index contributed by atoms with van der Waals surface area (Å²) in [6.07, 6.45) is 2.13. The van der Waals surface area contributed by atoms with Gasteiger partial charge in [0.2, 0.25) is 5.91 Å². The van der Waals surface area contributed by atoms with Crippen LogP contribution in [0.3, 0.4) is 0 Å². The van der Waals surface area contributed by atoms with Crippen molar-refractivity contribution in [2.24, 2.45) is 5.41 Å². The Morgan fingerprint density at radius 3 is 2.69 bits per heavy atom. The van der Waals surface area contributed by atoms with E-state index in [0.29, 0.717) is 12.6 Å². The van der Waals surface area contributed by atoms with Gasteiger partial charge in [0, 0.05) is 67.4 Å². The Morgan fingerprint density at radius 1 is 1.18 bits per heavy atom. The van der Waals surface area contributed by atoms with Crippen LogP contribution in [0.15, 0.2) is 49.1 Å². The van der Waals surface area contributed by atoms with E-state index in [0.717, 1.165) is 79.2 Å². The fourth-order valence-corrected chi connectivity index (χ4v) is 6.34. The van der Waals surface area contributed by atoms with E-state index in [1.165, 1.54) is 6.08 Å². The molecular weight excluding hydrogens is 492 g/mol. The molecule has 1 N–H and O–H groups in total. The highest BCUT2D eigenvalue weighted by molar-refractivity contribution is 5.95. The SMILES string of the molecule is C=CC(=O)N1CC2(C1)CN(c1nc(OC(C)CN(C)C)nc3c1CCN(c1cc(O)cc4ccccc14)C3)C2. The van der Waals surface area contributed by atoms with Crippen LogP contribution in [0.4, 0.5) is 11.5 Å².